The fraction of sp³-hybridized carbons (Fsp3) is 1.00. The average Bonchev–Trinajstić information content (AvgIpc) is 2.26. The van der Waals surface area contributed by atoms with E-state index < -0.39 is 0 Å². The molecular weight excluding hydrogens is 198 g/mol. The van der Waals surface area contributed by atoms with Crippen molar-refractivity contribution >= 4 is 0 Å². The minimum Gasteiger partial charge on any atom is -0.313 e. The van der Waals surface area contributed by atoms with Gasteiger partial charge in [-0.3, -0.25) is 4.90 Å². The lowest BCUT2D eigenvalue weighted by molar-refractivity contribution is 0.116. The molecule has 0 amide bonds. The third-order valence-corrected chi connectivity index (χ3v) is 3.61. The zero-order valence-corrected chi connectivity index (χ0v) is 11.7. The van der Waals surface area contributed by atoms with Crippen molar-refractivity contribution in [1.29, 1.82) is 0 Å². The van der Waals surface area contributed by atoms with Gasteiger partial charge in [-0.05, 0) is 67.3 Å². The molecule has 1 heterocycles. The summed E-state index contributed by atoms with van der Waals surface area (Å²) < 4.78 is 0. The molecule has 3 heteroatoms. The second kappa shape index (κ2) is 5.99. The fourth-order valence-electron chi connectivity index (χ4n) is 2.40. The van der Waals surface area contributed by atoms with Gasteiger partial charge in [0.05, 0.1) is 0 Å². The summed E-state index contributed by atoms with van der Waals surface area (Å²) in [4.78, 5) is 4.92. The van der Waals surface area contributed by atoms with Crippen LogP contribution >= 0.6 is 0 Å². The van der Waals surface area contributed by atoms with Crippen molar-refractivity contribution in [3.8, 4) is 0 Å². The summed E-state index contributed by atoms with van der Waals surface area (Å²) in [5, 5.41) is 3.58. The first kappa shape index (κ1) is 13.9. The molecule has 0 bridgehead atoms. The third-order valence-electron chi connectivity index (χ3n) is 3.61. The smallest absolute Gasteiger partial charge is 0.0166 e. The van der Waals surface area contributed by atoms with E-state index in [4.69, 9.17) is 0 Å². The Kier molecular flexibility index (Phi) is 5.22. The molecule has 1 aliphatic heterocycles. The predicted molar refractivity (Wildman–Crippen MR) is 70.9 cm³/mol. The highest BCUT2D eigenvalue weighted by atomic mass is 15.2. The van der Waals surface area contributed by atoms with E-state index in [1.54, 1.807) is 0 Å². The number of hydrogen-bond donors (Lipinski definition) is 1. The van der Waals surface area contributed by atoms with Gasteiger partial charge >= 0.3 is 0 Å². The summed E-state index contributed by atoms with van der Waals surface area (Å²) in [6, 6.07) is 0.626. The summed E-state index contributed by atoms with van der Waals surface area (Å²) in [5.41, 5.74) is 0.351. The van der Waals surface area contributed by atoms with Crippen LogP contribution in [0.1, 0.15) is 33.6 Å². The lowest BCUT2D eigenvalue weighted by Gasteiger charge is -2.37. The minimum absolute atomic E-state index is 0.351. The molecule has 0 aromatic rings. The third kappa shape index (κ3) is 4.40. The quantitative estimate of drug-likeness (QED) is 0.783. The Morgan fingerprint density at radius 3 is 2.69 bits per heavy atom. The first-order valence-electron chi connectivity index (χ1n) is 6.55. The van der Waals surface area contributed by atoms with Crippen LogP contribution in [-0.4, -0.2) is 61.7 Å². The van der Waals surface area contributed by atoms with E-state index in [2.05, 4.69) is 50.0 Å². The standard InChI is InChI=1S/C13H29N3/c1-12-11-16(10-6-9-15(4)5)13(2,3)7-8-14-12/h12,14H,6-11H2,1-5H3. The Morgan fingerprint density at radius 1 is 1.38 bits per heavy atom. The number of nitrogens with one attached hydrogen (secondary N) is 1. The fourth-order valence-corrected chi connectivity index (χ4v) is 2.40. The molecule has 3 nitrogen and oxygen atoms in total. The molecule has 1 unspecified atom stereocenters. The predicted octanol–water partition coefficient (Wildman–Crippen LogP) is 1.40. The zero-order chi connectivity index (χ0) is 12.2. The van der Waals surface area contributed by atoms with E-state index in [1.807, 2.05) is 0 Å². The van der Waals surface area contributed by atoms with Crippen molar-refractivity contribution < 1.29 is 0 Å². The summed E-state index contributed by atoms with van der Waals surface area (Å²) >= 11 is 0. The SMILES string of the molecule is CC1CN(CCCN(C)C)C(C)(C)CCN1. The van der Waals surface area contributed by atoms with E-state index in [9.17, 15) is 0 Å². The van der Waals surface area contributed by atoms with Gasteiger partial charge in [0, 0.05) is 18.1 Å². The van der Waals surface area contributed by atoms with Crippen molar-refractivity contribution in [2.45, 2.75) is 45.2 Å². The lowest BCUT2D eigenvalue weighted by atomic mass is 9.98. The van der Waals surface area contributed by atoms with E-state index in [0.717, 1.165) is 6.54 Å². The Bertz CT molecular complexity index is 201. The minimum atomic E-state index is 0.351. The molecule has 1 saturated heterocycles. The van der Waals surface area contributed by atoms with E-state index >= 15 is 0 Å². The van der Waals surface area contributed by atoms with Crippen molar-refractivity contribution in [3.63, 3.8) is 0 Å². The molecular formula is C13H29N3. The molecule has 1 rings (SSSR count). The Hall–Kier alpha value is -0.120. The van der Waals surface area contributed by atoms with Crippen LogP contribution in [-0.2, 0) is 0 Å². The van der Waals surface area contributed by atoms with Crippen LogP contribution in [0, 0.1) is 0 Å². The van der Waals surface area contributed by atoms with Crippen LogP contribution in [0.15, 0.2) is 0 Å². The van der Waals surface area contributed by atoms with E-state index in [0.29, 0.717) is 11.6 Å². The number of nitrogens with zero attached hydrogens (tertiary/aromatic N) is 2. The monoisotopic (exact) mass is 227 g/mol. The molecule has 0 radical (unpaired) electrons. The Labute approximate surface area is 101 Å². The van der Waals surface area contributed by atoms with Crippen molar-refractivity contribution in [2.24, 2.45) is 0 Å². The van der Waals surface area contributed by atoms with Crippen LogP contribution in [0.4, 0.5) is 0 Å². The van der Waals surface area contributed by atoms with E-state index in [-0.39, 0.29) is 0 Å². The molecule has 1 atom stereocenters. The second-order valence-corrected chi connectivity index (χ2v) is 6.02. The van der Waals surface area contributed by atoms with Gasteiger partial charge in [0.25, 0.3) is 0 Å². The largest absolute Gasteiger partial charge is 0.313 e. The summed E-state index contributed by atoms with van der Waals surface area (Å²) in [6.45, 7) is 11.8. The number of rotatable bonds is 4. The highest BCUT2D eigenvalue weighted by Gasteiger charge is 2.29. The van der Waals surface area contributed by atoms with Crippen LogP contribution in [0.3, 0.4) is 0 Å². The Morgan fingerprint density at radius 2 is 2.06 bits per heavy atom. The van der Waals surface area contributed by atoms with Crippen molar-refractivity contribution in [2.75, 3.05) is 40.3 Å². The van der Waals surface area contributed by atoms with Crippen molar-refractivity contribution in [3.05, 3.63) is 0 Å². The van der Waals surface area contributed by atoms with Crippen LogP contribution in [0.2, 0.25) is 0 Å². The first-order chi connectivity index (χ1) is 7.42. The van der Waals surface area contributed by atoms with Gasteiger partial charge < -0.3 is 10.2 Å². The van der Waals surface area contributed by atoms with Gasteiger partial charge in [0.1, 0.15) is 0 Å². The normalized spacial score (nSPS) is 27.0. The molecule has 0 saturated carbocycles. The molecule has 0 aliphatic carbocycles. The van der Waals surface area contributed by atoms with Gasteiger partial charge in [-0.2, -0.15) is 0 Å². The van der Waals surface area contributed by atoms with Crippen LogP contribution in [0.25, 0.3) is 0 Å². The average molecular weight is 227 g/mol. The van der Waals surface area contributed by atoms with E-state index in [1.165, 1.54) is 32.5 Å². The molecule has 1 N–H and O–H groups in total. The second-order valence-electron chi connectivity index (χ2n) is 6.02. The van der Waals surface area contributed by atoms with Crippen molar-refractivity contribution in [1.82, 2.24) is 15.1 Å². The van der Waals surface area contributed by atoms with Gasteiger partial charge in [0.15, 0.2) is 0 Å². The first-order valence-corrected chi connectivity index (χ1v) is 6.55. The molecule has 0 aromatic heterocycles. The maximum Gasteiger partial charge on any atom is 0.0166 e. The van der Waals surface area contributed by atoms with Gasteiger partial charge in [-0.15, -0.1) is 0 Å². The summed E-state index contributed by atoms with van der Waals surface area (Å²) in [7, 11) is 4.30. The highest BCUT2D eigenvalue weighted by molar-refractivity contribution is 4.88. The molecule has 96 valence electrons. The highest BCUT2D eigenvalue weighted by Crippen LogP contribution is 2.21. The maximum atomic E-state index is 3.58. The molecule has 1 fully saturated rings. The molecule has 0 spiro atoms. The van der Waals surface area contributed by atoms with Crippen LogP contribution < -0.4 is 5.32 Å². The van der Waals surface area contributed by atoms with Gasteiger partial charge in [0.2, 0.25) is 0 Å². The topological polar surface area (TPSA) is 18.5 Å². The lowest BCUT2D eigenvalue weighted by Crippen LogP contribution is -2.46. The maximum absolute atomic E-state index is 3.58. The Balaban J connectivity index is 2.45. The number of hydrogen-bond acceptors (Lipinski definition) is 3. The summed E-state index contributed by atoms with van der Waals surface area (Å²) in [5.74, 6) is 0. The summed E-state index contributed by atoms with van der Waals surface area (Å²) in [6.07, 6.45) is 2.52. The molecule has 0 aromatic carbocycles. The van der Waals surface area contributed by atoms with Gasteiger partial charge in [-0.25, -0.2) is 0 Å². The zero-order valence-electron chi connectivity index (χ0n) is 11.7. The van der Waals surface area contributed by atoms with Gasteiger partial charge in [-0.1, -0.05) is 0 Å². The van der Waals surface area contributed by atoms with Crippen LogP contribution in [0.5, 0.6) is 0 Å². The molecule has 16 heavy (non-hydrogen) atoms. The molecule has 1 aliphatic rings.